The summed E-state index contributed by atoms with van der Waals surface area (Å²) in [5.41, 5.74) is 0.532. The van der Waals surface area contributed by atoms with Crippen LogP contribution in [0.1, 0.15) is 32.6 Å². The molecule has 0 aromatic heterocycles. The minimum absolute atomic E-state index is 0.0605. The fourth-order valence-electron chi connectivity index (χ4n) is 3.13. The average Bonchev–Trinajstić information content (AvgIpc) is 2.59. The van der Waals surface area contributed by atoms with Crippen LogP contribution in [0.2, 0.25) is 0 Å². The van der Waals surface area contributed by atoms with Crippen LogP contribution >= 0.6 is 0 Å². The summed E-state index contributed by atoms with van der Waals surface area (Å²) in [5, 5.41) is 2.59. The summed E-state index contributed by atoms with van der Waals surface area (Å²) >= 11 is 0. The zero-order valence-electron chi connectivity index (χ0n) is 14.4. The highest BCUT2D eigenvalue weighted by Gasteiger charge is 2.32. The third-order valence-corrected chi connectivity index (χ3v) is 5.87. The molecular formula is C17H24N2O5S. The van der Waals surface area contributed by atoms with Crippen LogP contribution in [0.3, 0.4) is 0 Å². The molecule has 2 unspecified atom stereocenters. The molecule has 1 aromatic rings. The van der Waals surface area contributed by atoms with Crippen molar-refractivity contribution in [3.05, 3.63) is 24.3 Å². The SMILES string of the molecule is COC(=O)C1CCCCC1CNS(=O)(=O)c1ccc(NC(C)=O)cc1. The van der Waals surface area contributed by atoms with E-state index in [1.807, 2.05) is 0 Å². The van der Waals surface area contributed by atoms with Crippen LogP contribution in [-0.2, 0) is 24.3 Å². The van der Waals surface area contributed by atoms with Gasteiger partial charge in [-0.25, -0.2) is 13.1 Å². The number of carbonyl (C=O) groups excluding carboxylic acids is 2. The van der Waals surface area contributed by atoms with E-state index >= 15 is 0 Å². The monoisotopic (exact) mass is 368 g/mol. The van der Waals surface area contributed by atoms with Crippen LogP contribution in [-0.4, -0.2) is 33.9 Å². The molecule has 1 saturated carbocycles. The summed E-state index contributed by atoms with van der Waals surface area (Å²) in [4.78, 5) is 23.0. The van der Waals surface area contributed by atoms with Gasteiger partial charge in [0.2, 0.25) is 15.9 Å². The number of nitrogens with one attached hydrogen (secondary N) is 2. The molecule has 0 radical (unpaired) electrons. The molecule has 8 heteroatoms. The number of hydrogen-bond donors (Lipinski definition) is 2. The Kier molecular flexibility index (Phi) is 6.55. The predicted octanol–water partition coefficient (Wildman–Crippen LogP) is 1.90. The number of sulfonamides is 1. The van der Waals surface area contributed by atoms with Gasteiger partial charge in [0.15, 0.2) is 0 Å². The van der Waals surface area contributed by atoms with Crippen LogP contribution < -0.4 is 10.0 Å². The van der Waals surface area contributed by atoms with Crippen molar-refractivity contribution in [1.29, 1.82) is 0 Å². The van der Waals surface area contributed by atoms with E-state index in [2.05, 4.69) is 10.0 Å². The Bertz CT molecular complexity index is 715. The molecule has 1 fully saturated rings. The van der Waals surface area contributed by atoms with E-state index in [9.17, 15) is 18.0 Å². The van der Waals surface area contributed by atoms with Crippen molar-refractivity contribution in [2.45, 2.75) is 37.5 Å². The number of rotatable bonds is 6. The van der Waals surface area contributed by atoms with Crippen LogP contribution in [0, 0.1) is 11.8 Å². The molecule has 1 aliphatic rings. The first kappa shape index (κ1) is 19.4. The summed E-state index contributed by atoms with van der Waals surface area (Å²) in [5.74, 6) is -0.818. The molecule has 138 valence electrons. The van der Waals surface area contributed by atoms with Crippen LogP contribution in [0.4, 0.5) is 5.69 Å². The quantitative estimate of drug-likeness (QED) is 0.747. The molecule has 0 heterocycles. The summed E-state index contributed by atoms with van der Waals surface area (Å²) in [7, 11) is -2.32. The molecule has 1 aliphatic carbocycles. The number of anilines is 1. The molecule has 1 aromatic carbocycles. The smallest absolute Gasteiger partial charge is 0.308 e. The zero-order valence-corrected chi connectivity index (χ0v) is 15.3. The first-order chi connectivity index (χ1) is 11.8. The zero-order chi connectivity index (χ0) is 18.4. The van der Waals surface area contributed by atoms with Crippen LogP contribution in [0.15, 0.2) is 29.2 Å². The van der Waals surface area contributed by atoms with Crippen LogP contribution in [0.5, 0.6) is 0 Å². The van der Waals surface area contributed by atoms with Gasteiger partial charge in [-0.3, -0.25) is 9.59 Å². The fraction of sp³-hybridized carbons (Fsp3) is 0.529. The highest BCUT2D eigenvalue weighted by Crippen LogP contribution is 2.30. The van der Waals surface area contributed by atoms with Crippen molar-refractivity contribution in [1.82, 2.24) is 4.72 Å². The van der Waals surface area contributed by atoms with Gasteiger partial charge in [0.05, 0.1) is 17.9 Å². The lowest BCUT2D eigenvalue weighted by Gasteiger charge is -2.29. The van der Waals surface area contributed by atoms with E-state index in [1.165, 1.54) is 38.3 Å². The maximum absolute atomic E-state index is 12.4. The minimum atomic E-state index is -3.68. The average molecular weight is 368 g/mol. The fourth-order valence-corrected chi connectivity index (χ4v) is 4.23. The van der Waals surface area contributed by atoms with Gasteiger partial charge in [-0.1, -0.05) is 12.8 Å². The van der Waals surface area contributed by atoms with Crippen molar-refractivity contribution in [3.63, 3.8) is 0 Å². The van der Waals surface area contributed by atoms with E-state index in [4.69, 9.17) is 4.74 Å². The number of methoxy groups -OCH3 is 1. The minimum Gasteiger partial charge on any atom is -0.469 e. The number of hydrogen-bond acceptors (Lipinski definition) is 5. The maximum Gasteiger partial charge on any atom is 0.308 e. The Balaban J connectivity index is 2.02. The molecule has 0 saturated heterocycles. The lowest BCUT2D eigenvalue weighted by atomic mass is 9.79. The molecule has 0 bridgehead atoms. The summed E-state index contributed by atoms with van der Waals surface area (Å²) < 4.78 is 32.3. The summed E-state index contributed by atoms with van der Waals surface area (Å²) in [6.45, 7) is 1.59. The summed E-state index contributed by atoms with van der Waals surface area (Å²) in [6, 6.07) is 5.94. The van der Waals surface area contributed by atoms with E-state index in [1.54, 1.807) is 0 Å². The van der Waals surface area contributed by atoms with Crippen molar-refractivity contribution in [3.8, 4) is 0 Å². The molecule has 2 N–H and O–H groups in total. The lowest BCUT2D eigenvalue weighted by Crippen LogP contribution is -2.37. The predicted molar refractivity (Wildman–Crippen MR) is 93.4 cm³/mol. The van der Waals surface area contributed by atoms with Crippen LogP contribution in [0.25, 0.3) is 0 Å². The standard InChI is InChI=1S/C17H24N2O5S/c1-12(20)19-14-7-9-15(10-8-14)25(22,23)18-11-13-5-3-4-6-16(13)17(21)24-2/h7-10,13,16,18H,3-6,11H2,1-2H3,(H,19,20). The first-order valence-electron chi connectivity index (χ1n) is 8.28. The van der Waals surface area contributed by atoms with Crippen molar-refractivity contribution < 1.29 is 22.7 Å². The highest BCUT2D eigenvalue weighted by molar-refractivity contribution is 7.89. The van der Waals surface area contributed by atoms with Gasteiger partial charge in [0.25, 0.3) is 0 Å². The van der Waals surface area contributed by atoms with Gasteiger partial charge >= 0.3 is 5.97 Å². The molecular weight excluding hydrogens is 344 g/mol. The van der Waals surface area contributed by atoms with Gasteiger partial charge in [0, 0.05) is 19.2 Å². The second kappa shape index (κ2) is 8.44. The Morgan fingerprint density at radius 1 is 1.16 bits per heavy atom. The Hall–Kier alpha value is -1.93. The van der Waals surface area contributed by atoms with Crippen molar-refractivity contribution >= 4 is 27.6 Å². The van der Waals surface area contributed by atoms with Gasteiger partial charge in [-0.15, -0.1) is 0 Å². The van der Waals surface area contributed by atoms with Crippen molar-refractivity contribution in [2.24, 2.45) is 11.8 Å². The molecule has 2 atom stereocenters. The van der Waals surface area contributed by atoms with E-state index < -0.39 is 10.0 Å². The Morgan fingerprint density at radius 2 is 1.80 bits per heavy atom. The molecule has 25 heavy (non-hydrogen) atoms. The van der Waals surface area contributed by atoms with E-state index in [0.29, 0.717) is 5.69 Å². The van der Waals surface area contributed by atoms with Gasteiger partial charge in [-0.05, 0) is 43.0 Å². The number of carbonyl (C=O) groups is 2. The molecule has 7 nitrogen and oxygen atoms in total. The summed E-state index contributed by atoms with van der Waals surface area (Å²) in [6.07, 6.45) is 3.45. The Morgan fingerprint density at radius 3 is 2.40 bits per heavy atom. The molecule has 0 aliphatic heterocycles. The number of amides is 1. The molecule has 0 spiro atoms. The van der Waals surface area contributed by atoms with Gasteiger partial charge in [-0.2, -0.15) is 0 Å². The maximum atomic E-state index is 12.4. The normalized spacial score (nSPS) is 20.7. The third-order valence-electron chi connectivity index (χ3n) is 4.43. The van der Waals surface area contributed by atoms with E-state index in [0.717, 1.165) is 25.7 Å². The first-order valence-corrected chi connectivity index (χ1v) is 9.77. The lowest BCUT2D eigenvalue weighted by molar-refractivity contribution is -0.148. The third kappa shape index (κ3) is 5.27. The second-order valence-electron chi connectivity index (χ2n) is 6.23. The topological polar surface area (TPSA) is 102 Å². The van der Waals surface area contributed by atoms with E-state index in [-0.39, 0.29) is 35.2 Å². The largest absolute Gasteiger partial charge is 0.469 e. The second-order valence-corrected chi connectivity index (χ2v) is 8.00. The number of esters is 1. The van der Waals surface area contributed by atoms with Crippen molar-refractivity contribution in [2.75, 3.05) is 19.0 Å². The Labute approximate surface area is 148 Å². The number of ether oxygens (including phenoxy) is 1. The molecule has 1 amide bonds. The molecule has 2 rings (SSSR count). The van der Waals surface area contributed by atoms with Gasteiger partial charge < -0.3 is 10.1 Å². The highest BCUT2D eigenvalue weighted by atomic mass is 32.2. The van der Waals surface area contributed by atoms with Gasteiger partial charge in [0.1, 0.15) is 0 Å². The number of benzene rings is 1.